The Bertz CT molecular complexity index is 711. The van der Waals surface area contributed by atoms with E-state index in [-0.39, 0.29) is 18.2 Å². The number of nitrogens with zero attached hydrogens (tertiary/aromatic N) is 2. The van der Waals surface area contributed by atoms with Gasteiger partial charge < -0.3 is 19.9 Å². The second kappa shape index (κ2) is 6.53. The van der Waals surface area contributed by atoms with Crippen molar-refractivity contribution in [3.05, 3.63) is 53.6 Å². The molecular weight excluding hydrogens is 320 g/mol. The summed E-state index contributed by atoms with van der Waals surface area (Å²) in [7, 11) is 0. The van der Waals surface area contributed by atoms with Gasteiger partial charge >= 0.3 is 0 Å². The van der Waals surface area contributed by atoms with E-state index in [1.54, 1.807) is 0 Å². The number of hydrogen-bond donors (Lipinski definition) is 2. The minimum atomic E-state index is 0.0400. The zero-order valence-electron chi connectivity index (χ0n) is 13.7. The molecule has 2 aliphatic rings. The maximum atomic E-state index is 5.84. The Morgan fingerprint density at radius 3 is 2.92 bits per heavy atom. The van der Waals surface area contributed by atoms with Gasteiger partial charge in [0.15, 0.2) is 5.11 Å². The summed E-state index contributed by atoms with van der Waals surface area (Å²) in [4.78, 5) is 10.3. The second-order valence-electron chi connectivity index (χ2n) is 6.51. The number of aromatic amines is 1. The minimum Gasteiger partial charge on any atom is -0.376 e. The number of nitrogens with one attached hydrogen (secondary N) is 2. The molecule has 3 atom stereocenters. The van der Waals surface area contributed by atoms with Gasteiger partial charge in [-0.15, -0.1) is 0 Å². The molecule has 0 bridgehead atoms. The Morgan fingerprint density at radius 1 is 1.33 bits per heavy atom. The van der Waals surface area contributed by atoms with Gasteiger partial charge in [-0.25, -0.2) is 0 Å². The van der Waals surface area contributed by atoms with E-state index in [1.807, 2.05) is 18.3 Å². The smallest absolute Gasteiger partial charge is 0.170 e. The molecule has 2 aromatic rings. The molecule has 4 heterocycles. The standard InChI is InChI=1S/C18H22N4OS/c1-12-7-8-15(20-12)17-16(14-6-2-3-9-19-14)21-18(24)22(17)11-13-5-4-10-23-13/h2-3,6-9,13,16-17,20H,4-5,10-11H2,1H3,(H,21,24)/t13-,16+,17-/m1/s1. The topological polar surface area (TPSA) is 53.2 Å². The van der Waals surface area contributed by atoms with Crippen LogP contribution in [0.15, 0.2) is 36.5 Å². The highest BCUT2D eigenvalue weighted by atomic mass is 32.1. The molecule has 126 valence electrons. The van der Waals surface area contributed by atoms with Crippen LogP contribution in [0.4, 0.5) is 0 Å². The highest BCUT2D eigenvalue weighted by Gasteiger charge is 2.41. The zero-order valence-corrected chi connectivity index (χ0v) is 14.6. The van der Waals surface area contributed by atoms with Crippen LogP contribution in [-0.4, -0.2) is 39.2 Å². The van der Waals surface area contributed by atoms with Crippen LogP contribution in [-0.2, 0) is 4.74 Å². The van der Waals surface area contributed by atoms with Gasteiger partial charge in [0.1, 0.15) is 0 Å². The highest BCUT2D eigenvalue weighted by molar-refractivity contribution is 7.80. The van der Waals surface area contributed by atoms with Crippen LogP contribution < -0.4 is 5.32 Å². The van der Waals surface area contributed by atoms with E-state index in [4.69, 9.17) is 17.0 Å². The van der Waals surface area contributed by atoms with Gasteiger partial charge in [-0.05, 0) is 56.2 Å². The molecule has 0 saturated carbocycles. The Balaban J connectivity index is 1.67. The number of pyridine rings is 1. The lowest BCUT2D eigenvalue weighted by molar-refractivity contribution is 0.0838. The van der Waals surface area contributed by atoms with E-state index in [1.165, 1.54) is 0 Å². The fourth-order valence-electron chi connectivity index (χ4n) is 3.65. The molecule has 0 spiro atoms. The third-order valence-electron chi connectivity index (χ3n) is 4.80. The molecule has 0 aromatic carbocycles. The van der Waals surface area contributed by atoms with Crippen LogP contribution in [0.5, 0.6) is 0 Å². The number of H-pyrrole nitrogens is 1. The second-order valence-corrected chi connectivity index (χ2v) is 6.90. The quantitative estimate of drug-likeness (QED) is 0.837. The van der Waals surface area contributed by atoms with E-state index in [0.717, 1.165) is 48.2 Å². The summed E-state index contributed by atoms with van der Waals surface area (Å²) in [6, 6.07) is 10.4. The molecule has 2 N–H and O–H groups in total. The largest absolute Gasteiger partial charge is 0.376 e. The lowest BCUT2D eigenvalue weighted by Gasteiger charge is -2.29. The molecule has 24 heavy (non-hydrogen) atoms. The molecule has 0 aliphatic carbocycles. The average molecular weight is 342 g/mol. The lowest BCUT2D eigenvalue weighted by atomic mass is 10.0. The van der Waals surface area contributed by atoms with E-state index in [0.29, 0.717) is 0 Å². The molecule has 6 heteroatoms. The summed E-state index contributed by atoms with van der Waals surface area (Å²) in [6.45, 7) is 3.75. The highest BCUT2D eigenvalue weighted by Crippen LogP contribution is 2.38. The van der Waals surface area contributed by atoms with Crippen molar-refractivity contribution in [2.24, 2.45) is 0 Å². The number of thiocarbonyl (C=S) groups is 1. The first-order valence-electron chi connectivity index (χ1n) is 8.47. The predicted octanol–water partition coefficient (Wildman–Crippen LogP) is 2.87. The Hall–Kier alpha value is -1.92. The van der Waals surface area contributed by atoms with Gasteiger partial charge in [0.25, 0.3) is 0 Å². The number of aromatic nitrogens is 2. The van der Waals surface area contributed by atoms with E-state index < -0.39 is 0 Å². The van der Waals surface area contributed by atoms with Crippen LogP contribution in [0, 0.1) is 6.92 Å². The molecular formula is C18H22N4OS. The van der Waals surface area contributed by atoms with Crippen molar-refractivity contribution in [3.8, 4) is 0 Å². The predicted molar refractivity (Wildman–Crippen MR) is 96.7 cm³/mol. The number of rotatable bonds is 4. The molecule has 0 radical (unpaired) electrons. The Kier molecular flexibility index (Phi) is 4.24. The minimum absolute atomic E-state index is 0.0400. The first-order chi connectivity index (χ1) is 11.7. The molecule has 2 fully saturated rings. The van der Waals surface area contributed by atoms with Crippen molar-refractivity contribution in [2.45, 2.75) is 38.0 Å². The van der Waals surface area contributed by atoms with Crippen molar-refractivity contribution in [1.29, 1.82) is 0 Å². The third kappa shape index (κ3) is 2.91. The molecule has 5 nitrogen and oxygen atoms in total. The number of ether oxygens (including phenoxy) is 1. The molecule has 0 unspecified atom stereocenters. The maximum absolute atomic E-state index is 5.84. The van der Waals surface area contributed by atoms with Crippen LogP contribution in [0.2, 0.25) is 0 Å². The molecule has 4 rings (SSSR count). The summed E-state index contributed by atoms with van der Waals surface area (Å²) in [5.74, 6) is 0. The summed E-state index contributed by atoms with van der Waals surface area (Å²) in [5.41, 5.74) is 3.32. The first kappa shape index (κ1) is 15.6. The SMILES string of the molecule is Cc1ccc([C@@H]2[C@H](c3ccccn3)NC(=S)N2C[C@H]2CCCO2)[nH]1. The van der Waals surface area contributed by atoms with Gasteiger partial charge in [-0.1, -0.05) is 6.07 Å². The third-order valence-corrected chi connectivity index (χ3v) is 5.15. The summed E-state index contributed by atoms with van der Waals surface area (Å²) in [5, 5.41) is 4.25. The monoisotopic (exact) mass is 342 g/mol. The van der Waals surface area contributed by atoms with E-state index in [2.05, 4.69) is 45.3 Å². The molecule has 2 aromatic heterocycles. The Labute approximate surface area is 147 Å². The normalized spacial score (nSPS) is 26.8. The van der Waals surface area contributed by atoms with Crippen LogP contribution >= 0.6 is 12.2 Å². The molecule has 2 aliphatic heterocycles. The van der Waals surface area contributed by atoms with E-state index >= 15 is 0 Å². The number of aryl methyl sites for hydroxylation is 1. The van der Waals surface area contributed by atoms with Crippen molar-refractivity contribution < 1.29 is 4.74 Å². The van der Waals surface area contributed by atoms with Crippen molar-refractivity contribution in [2.75, 3.05) is 13.2 Å². The van der Waals surface area contributed by atoms with Gasteiger partial charge in [0.05, 0.1) is 23.9 Å². The van der Waals surface area contributed by atoms with Gasteiger partial charge in [0, 0.05) is 30.7 Å². The Morgan fingerprint density at radius 2 is 2.25 bits per heavy atom. The molecule has 2 saturated heterocycles. The number of hydrogen-bond acceptors (Lipinski definition) is 3. The summed E-state index contributed by atoms with van der Waals surface area (Å²) >= 11 is 5.65. The van der Waals surface area contributed by atoms with Gasteiger partial charge in [-0.3, -0.25) is 4.98 Å². The lowest BCUT2D eigenvalue weighted by Crippen LogP contribution is -2.36. The fourth-order valence-corrected chi connectivity index (χ4v) is 3.96. The molecule has 0 amide bonds. The van der Waals surface area contributed by atoms with Crippen molar-refractivity contribution in [1.82, 2.24) is 20.2 Å². The van der Waals surface area contributed by atoms with Gasteiger partial charge in [0.2, 0.25) is 0 Å². The van der Waals surface area contributed by atoms with Crippen molar-refractivity contribution in [3.63, 3.8) is 0 Å². The summed E-state index contributed by atoms with van der Waals surface area (Å²) in [6.07, 6.45) is 4.32. The first-order valence-corrected chi connectivity index (χ1v) is 8.88. The summed E-state index contributed by atoms with van der Waals surface area (Å²) < 4.78 is 5.84. The van der Waals surface area contributed by atoms with Gasteiger partial charge in [-0.2, -0.15) is 0 Å². The fraction of sp³-hybridized carbons (Fsp3) is 0.444. The maximum Gasteiger partial charge on any atom is 0.170 e. The van der Waals surface area contributed by atoms with Crippen LogP contribution in [0.25, 0.3) is 0 Å². The zero-order chi connectivity index (χ0) is 16.5. The van der Waals surface area contributed by atoms with E-state index in [9.17, 15) is 0 Å². The van der Waals surface area contributed by atoms with Crippen LogP contribution in [0.3, 0.4) is 0 Å². The van der Waals surface area contributed by atoms with Crippen molar-refractivity contribution >= 4 is 17.3 Å². The average Bonchev–Trinajstić information content (AvgIpc) is 3.31. The van der Waals surface area contributed by atoms with Crippen LogP contribution in [0.1, 0.15) is 42.0 Å².